The average Bonchev–Trinajstić information content (AvgIpc) is 3.16. The van der Waals surface area contributed by atoms with E-state index in [1.807, 2.05) is 29.2 Å². The van der Waals surface area contributed by atoms with E-state index in [4.69, 9.17) is 17.2 Å². The van der Waals surface area contributed by atoms with Crippen molar-refractivity contribution in [1.29, 1.82) is 0 Å². The molecule has 4 aromatic rings. The lowest BCUT2D eigenvalue weighted by Gasteiger charge is -2.49. The third-order valence-electron chi connectivity index (χ3n) is 11.2. The molecule has 2 aliphatic rings. The molecule has 7 N–H and O–H groups in total. The Hall–Kier alpha value is -3.82. The summed E-state index contributed by atoms with van der Waals surface area (Å²) in [5.41, 5.74) is 21.4. The highest BCUT2D eigenvalue weighted by atomic mass is 16.2. The molecule has 272 valence electrons. The van der Waals surface area contributed by atoms with Gasteiger partial charge in [-0.05, 0) is 77.2 Å². The summed E-state index contributed by atoms with van der Waals surface area (Å²) >= 11 is 0. The Balaban J connectivity index is 1.21. The van der Waals surface area contributed by atoms with Gasteiger partial charge in [-0.2, -0.15) is 0 Å². The van der Waals surface area contributed by atoms with Crippen molar-refractivity contribution >= 4 is 33.4 Å². The van der Waals surface area contributed by atoms with Crippen LogP contribution in [0, 0.1) is 5.92 Å². The standard InChI is InChI=1S/C43H58N6O2/c44-21-23-47-22-9-8-16-38-29-49(43(51)41(46)28-33-18-20-35-13-5-7-15-37(35)25-33)39(26-31-10-2-1-3-11-31)30-48(38)42(50)40(45)27-32-17-19-34-12-4-6-14-36(34)24-32/h4-7,12-15,17-20,24-25,31,38-41,47H,1-3,8-11,16,21-23,26-30,44-46H2/t38-,39+,40?,41?/m0/s1. The van der Waals surface area contributed by atoms with Crippen LogP contribution < -0.4 is 22.5 Å². The zero-order chi connectivity index (χ0) is 35.6. The zero-order valence-electron chi connectivity index (χ0n) is 30.2. The van der Waals surface area contributed by atoms with E-state index in [0.29, 0.717) is 38.4 Å². The molecule has 4 atom stereocenters. The number of piperazine rings is 1. The molecule has 0 aromatic heterocycles. The van der Waals surface area contributed by atoms with Crippen LogP contribution in [0.2, 0.25) is 0 Å². The molecule has 51 heavy (non-hydrogen) atoms. The highest BCUT2D eigenvalue weighted by molar-refractivity contribution is 5.87. The van der Waals surface area contributed by atoms with Gasteiger partial charge in [-0.15, -0.1) is 0 Å². The molecular weight excluding hydrogens is 633 g/mol. The molecule has 2 unspecified atom stereocenters. The van der Waals surface area contributed by atoms with Crippen molar-refractivity contribution < 1.29 is 9.59 Å². The van der Waals surface area contributed by atoms with Gasteiger partial charge in [0.05, 0.1) is 12.1 Å². The molecule has 4 aromatic carbocycles. The fourth-order valence-corrected chi connectivity index (χ4v) is 8.44. The van der Waals surface area contributed by atoms with E-state index in [9.17, 15) is 9.59 Å². The predicted octanol–water partition coefficient (Wildman–Crippen LogP) is 5.53. The number of fused-ring (bicyclic) bond motifs is 2. The fourth-order valence-electron chi connectivity index (χ4n) is 8.44. The van der Waals surface area contributed by atoms with E-state index in [-0.39, 0.29) is 23.9 Å². The Bertz CT molecular complexity index is 1740. The van der Waals surface area contributed by atoms with Crippen molar-refractivity contribution in [2.45, 2.75) is 94.8 Å². The second-order valence-corrected chi connectivity index (χ2v) is 15.0. The summed E-state index contributed by atoms with van der Waals surface area (Å²) in [4.78, 5) is 32.9. The number of unbranched alkanes of at least 4 members (excludes halogenated alkanes) is 1. The predicted molar refractivity (Wildman–Crippen MR) is 209 cm³/mol. The Morgan fingerprint density at radius 3 is 1.76 bits per heavy atom. The maximum Gasteiger partial charge on any atom is 0.240 e. The smallest absolute Gasteiger partial charge is 0.240 e. The van der Waals surface area contributed by atoms with Crippen molar-refractivity contribution in [3.05, 3.63) is 96.1 Å². The summed E-state index contributed by atoms with van der Waals surface area (Å²) < 4.78 is 0. The number of carbonyl (C=O) groups is 2. The van der Waals surface area contributed by atoms with Gasteiger partial charge in [-0.25, -0.2) is 0 Å². The topological polar surface area (TPSA) is 131 Å². The van der Waals surface area contributed by atoms with Crippen LogP contribution in [0.5, 0.6) is 0 Å². The summed E-state index contributed by atoms with van der Waals surface area (Å²) in [6.45, 7) is 3.28. The molecule has 2 amide bonds. The van der Waals surface area contributed by atoms with Crippen molar-refractivity contribution in [1.82, 2.24) is 15.1 Å². The maximum atomic E-state index is 14.4. The largest absolute Gasteiger partial charge is 0.335 e. The van der Waals surface area contributed by atoms with E-state index in [1.54, 1.807) is 0 Å². The van der Waals surface area contributed by atoms with E-state index < -0.39 is 12.1 Å². The number of rotatable bonds is 15. The van der Waals surface area contributed by atoms with Crippen LogP contribution in [0.3, 0.4) is 0 Å². The van der Waals surface area contributed by atoms with E-state index in [2.05, 4.69) is 70.9 Å². The molecule has 1 aliphatic carbocycles. The van der Waals surface area contributed by atoms with Crippen molar-refractivity contribution in [3.8, 4) is 0 Å². The zero-order valence-corrected chi connectivity index (χ0v) is 30.2. The van der Waals surface area contributed by atoms with Gasteiger partial charge in [-0.1, -0.05) is 123 Å². The van der Waals surface area contributed by atoms with Gasteiger partial charge in [0, 0.05) is 38.3 Å². The summed E-state index contributed by atoms with van der Waals surface area (Å²) in [6, 6.07) is 27.7. The van der Waals surface area contributed by atoms with Crippen LogP contribution in [0.25, 0.3) is 21.5 Å². The van der Waals surface area contributed by atoms with Gasteiger partial charge in [0.25, 0.3) is 0 Å². The van der Waals surface area contributed by atoms with Crippen LogP contribution >= 0.6 is 0 Å². The van der Waals surface area contributed by atoms with E-state index in [0.717, 1.165) is 60.7 Å². The Kier molecular flexibility index (Phi) is 13.1. The highest BCUT2D eigenvalue weighted by Crippen LogP contribution is 2.32. The number of carbonyl (C=O) groups excluding carboxylic acids is 2. The number of amides is 2. The lowest BCUT2D eigenvalue weighted by Crippen LogP contribution is -2.65. The molecule has 8 heteroatoms. The summed E-state index contributed by atoms with van der Waals surface area (Å²) in [7, 11) is 0. The highest BCUT2D eigenvalue weighted by Gasteiger charge is 2.41. The molecule has 6 rings (SSSR count). The monoisotopic (exact) mass is 690 g/mol. The minimum Gasteiger partial charge on any atom is -0.335 e. The third kappa shape index (κ3) is 9.74. The minimum atomic E-state index is -0.660. The van der Waals surface area contributed by atoms with Crippen molar-refractivity contribution in [2.24, 2.45) is 23.1 Å². The van der Waals surface area contributed by atoms with Crippen molar-refractivity contribution in [3.63, 3.8) is 0 Å². The van der Waals surface area contributed by atoms with Crippen LogP contribution in [0.1, 0.15) is 68.9 Å². The number of nitrogens with zero attached hydrogens (tertiary/aromatic N) is 2. The number of benzene rings is 4. The molecule has 1 saturated heterocycles. The first-order chi connectivity index (χ1) is 24.9. The number of nitrogens with two attached hydrogens (primary N) is 3. The lowest BCUT2D eigenvalue weighted by molar-refractivity contribution is -0.149. The molecule has 8 nitrogen and oxygen atoms in total. The fraction of sp³-hybridized carbons (Fsp3) is 0.488. The number of hydrogen-bond acceptors (Lipinski definition) is 6. The first-order valence-electron chi connectivity index (χ1n) is 19.4. The first-order valence-corrected chi connectivity index (χ1v) is 19.4. The van der Waals surface area contributed by atoms with Gasteiger partial charge in [0.1, 0.15) is 0 Å². The quantitative estimate of drug-likeness (QED) is 0.121. The molecule has 1 aliphatic heterocycles. The summed E-state index contributed by atoms with van der Waals surface area (Å²) in [5.74, 6) is 0.519. The van der Waals surface area contributed by atoms with Gasteiger partial charge in [-0.3, -0.25) is 9.59 Å². The number of nitrogens with one attached hydrogen (secondary N) is 1. The minimum absolute atomic E-state index is 0.00820. The van der Waals surface area contributed by atoms with Gasteiger partial charge in [0.2, 0.25) is 11.8 Å². The Morgan fingerprint density at radius 1 is 0.667 bits per heavy atom. The van der Waals surface area contributed by atoms with Crippen LogP contribution in [0.4, 0.5) is 0 Å². The van der Waals surface area contributed by atoms with Crippen LogP contribution in [0.15, 0.2) is 84.9 Å². The van der Waals surface area contributed by atoms with Crippen LogP contribution in [-0.2, 0) is 22.4 Å². The molecule has 2 fully saturated rings. The molecule has 1 heterocycles. The second-order valence-electron chi connectivity index (χ2n) is 15.0. The Labute approximate surface area is 304 Å². The average molecular weight is 691 g/mol. The SMILES string of the molecule is NCCNCCCC[C@H]1CN(C(=O)C(N)Cc2ccc3ccccc3c2)[C@H](CC2CCCCC2)CN1C(=O)C(N)Cc1ccc2ccccc2c1. The molecule has 0 bridgehead atoms. The third-order valence-corrected chi connectivity index (χ3v) is 11.2. The molecular formula is C43H58N6O2. The Morgan fingerprint density at radius 2 is 1.20 bits per heavy atom. The van der Waals surface area contributed by atoms with E-state index >= 15 is 0 Å². The molecule has 0 spiro atoms. The normalized spacial score (nSPS) is 19.7. The molecule has 1 saturated carbocycles. The maximum absolute atomic E-state index is 14.4. The van der Waals surface area contributed by atoms with E-state index in [1.165, 1.54) is 42.9 Å². The second kappa shape index (κ2) is 18.1. The van der Waals surface area contributed by atoms with Gasteiger partial charge in [0.15, 0.2) is 0 Å². The molecule has 0 radical (unpaired) electrons. The summed E-state index contributed by atoms with van der Waals surface area (Å²) in [5, 5.41) is 8.04. The van der Waals surface area contributed by atoms with Crippen LogP contribution in [-0.4, -0.2) is 78.5 Å². The lowest BCUT2D eigenvalue weighted by atomic mass is 9.83. The number of hydrogen-bond donors (Lipinski definition) is 4. The summed E-state index contributed by atoms with van der Waals surface area (Å²) in [6.07, 6.45) is 10.7. The van der Waals surface area contributed by atoms with Gasteiger partial charge >= 0.3 is 0 Å². The first kappa shape index (κ1) is 37.0. The van der Waals surface area contributed by atoms with Crippen molar-refractivity contribution in [2.75, 3.05) is 32.7 Å². The van der Waals surface area contributed by atoms with Gasteiger partial charge < -0.3 is 32.3 Å².